The van der Waals surface area contributed by atoms with E-state index < -0.39 is 6.10 Å². The third-order valence-electron chi connectivity index (χ3n) is 3.81. The van der Waals surface area contributed by atoms with Gasteiger partial charge in [0.1, 0.15) is 0 Å². The number of fused-ring (bicyclic) bond motifs is 1. The van der Waals surface area contributed by atoms with Crippen LogP contribution in [0.3, 0.4) is 0 Å². The summed E-state index contributed by atoms with van der Waals surface area (Å²) in [6, 6.07) is 13.6. The highest BCUT2D eigenvalue weighted by Gasteiger charge is 2.32. The van der Waals surface area contributed by atoms with Crippen LogP contribution in [0.2, 0.25) is 0 Å². The van der Waals surface area contributed by atoms with Crippen molar-refractivity contribution in [2.75, 3.05) is 10.6 Å². The summed E-state index contributed by atoms with van der Waals surface area (Å²) in [4.78, 5) is 14.2. The van der Waals surface area contributed by atoms with Crippen molar-refractivity contribution in [1.29, 1.82) is 0 Å². The molecule has 3 rings (SSSR count). The van der Waals surface area contributed by atoms with E-state index in [4.69, 9.17) is 10.5 Å². The van der Waals surface area contributed by atoms with Gasteiger partial charge in [0.25, 0.3) is 5.91 Å². The van der Waals surface area contributed by atoms with Gasteiger partial charge in [-0.05, 0) is 37.1 Å². The summed E-state index contributed by atoms with van der Waals surface area (Å²) in [6.45, 7) is 4.32. The molecule has 0 saturated heterocycles. The number of hydrogen-bond acceptors (Lipinski definition) is 3. The largest absolute Gasteiger partial charge is 0.477 e. The monoisotopic (exact) mass is 282 g/mol. The Morgan fingerprint density at radius 3 is 2.71 bits per heavy atom. The highest BCUT2D eigenvalue weighted by molar-refractivity contribution is 6.01. The number of rotatable bonds is 2. The minimum absolute atomic E-state index is 0.0450. The fourth-order valence-corrected chi connectivity index (χ4v) is 2.57. The number of amides is 1. The second kappa shape index (κ2) is 5.13. The first kappa shape index (κ1) is 13.5. The van der Waals surface area contributed by atoms with Crippen LogP contribution in [0.25, 0.3) is 0 Å². The molecule has 108 valence electrons. The molecule has 0 spiro atoms. The first-order valence-electron chi connectivity index (χ1n) is 6.99. The topological polar surface area (TPSA) is 55.6 Å². The molecule has 0 aliphatic carbocycles. The van der Waals surface area contributed by atoms with Crippen molar-refractivity contribution >= 4 is 17.3 Å². The molecule has 4 heteroatoms. The van der Waals surface area contributed by atoms with Crippen molar-refractivity contribution in [3.8, 4) is 5.75 Å². The number of ether oxygens (including phenoxy) is 1. The van der Waals surface area contributed by atoms with E-state index in [0.717, 1.165) is 16.8 Å². The van der Waals surface area contributed by atoms with Gasteiger partial charge in [-0.25, -0.2) is 0 Å². The average molecular weight is 282 g/mol. The molecule has 2 N–H and O–H groups in total. The van der Waals surface area contributed by atoms with Crippen LogP contribution in [0.1, 0.15) is 18.1 Å². The van der Waals surface area contributed by atoms with Crippen LogP contribution in [0.15, 0.2) is 42.5 Å². The summed E-state index contributed by atoms with van der Waals surface area (Å²) in [7, 11) is 0. The van der Waals surface area contributed by atoms with Gasteiger partial charge < -0.3 is 15.4 Å². The van der Waals surface area contributed by atoms with E-state index in [-0.39, 0.29) is 5.91 Å². The maximum Gasteiger partial charge on any atom is 0.268 e. The number of para-hydroxylation sites is 1. The average Bonchev–Trinajstić information content (AvgIpc) is 2.47. The summed E-state index contributed by atoms with van der Waals surface area (Å²) in [5.74, 6) is 0.550. The van der Waals surface area contributed by atoms with Crippen LogP contribution in [0.4, 0.5) is 11.4 Å². The quantitative estimate of drug-likeness (QED) is 0.862. The van der Waals surface area contributed by atoms with E-state index in [9.17, 15) is 4.79 Å². The van der Waals surface area contributed by atoms with E-state index in [2.05, 4.69) is 0 Å². The van der Waals surface area contributed by atoms with Gasteiger partial charge >= 0.3 is 0 Å². The molecule has 0 saturated carbocycles. The number of benzene rings is 2. The molecule has 1 aliphatic heterocycles. The summed E-state index contributed by atoms with van der Waals surface area (Å²) < 4.78 is 5.66. The normalized spacial score (nSPS) is 17.3. The molecule has 2 aromatic rings. The van der Waals surface area contributed by atoms with Gasteiger partial charge in [-0.2, -0.15) is 0 Å². The predicted molar refractivity (Wildman–Crippen MR) is 83.3 cm³/mol. The molecule has 0 radical (unpaired) electrons. The van der Waals surface area contributed by atoms with Gasteiger partial charge in [-0.3, -0.25) is 4.79 Å². The molecule has 4 nitrogen and oxygen atoms in total. The Morgan fingerprint density at radius 2 is 1.95 bits per heavy atom. The van der Waals surface area contributed by atoms with E-state index in [1.54, 1.807) is 17.9 Å². The fraction of sp³-hybridized carbons (Fsp3) is 0.235. The van der Waals surface area contributed by atoms with Crippen LogP contribution < -0.4 is 15.4 Å². The minimum Gasteiger partial charge on any atom is -0.477 e. The van der Waals surface area contributed by atoms with Crippen LogP contribution in [0.5, 0.6) is 5.75 Å². The van der Waals surface area contributed by atoms with Gasteiger partial charge in [0, 0.05) is 0 Å². The van der Waals surface area contributed by atoms with Crippen molar-refractivity contribution in [3.63, 3.8) is 0 Å². The third kappa shape index (κ3) is 2.33. The molecule has 1 heterocycles. The minimum atomic E-state index is -0.522. The molecule has 0 aromatic heterocycles. The Balaban J connectivity index is 2.04. The SMILES string of the molecule is Cc1ccccc1CN1C(=O)C(C)Oc2c(N)cccc21. The Bertz CT molecular complexity index is 697. The predicted octanol–water partition coefficient (Wildman–Crippen LogP) is 2.89. The summed E-state index contributed by atoms with van der Waals surface area (Å²) in [5.41, 5.74) is 9.55. The van der Waals surface area contributed by atoms with Crippen molar-refractivity contribution in [1.82, 2.24) is 0 Å². The van der Waals surface area contributed by atoms with E-state index >= 15 is 0 Å². The first-order valence-corrected chi connectivity index (χ1v) is 6.99. The zero-order valence-corrected chi connectivity index (χ0v) is 12.2. The van der Waals surface area contributed by atoms with Crippen molar-refractivity contribution in [2.45, 2.75) is 26.5 Å². The lowest BCUT2D eigenvalue weighted by atomic mass is 10.1. The number of nitrogens with two attached hydrogens (primary N) is 1. The number of anilines is 2. The van der Waals surface area contributed by atoms with Crippen molar-refractivity contribution in [2.24, 2.45) is 0 Å². The lowest BCUT2D eigenvalue weighted by Crippen LogP contribution is -2.44. The highest BCUT2D eigenvalue weighted by atomic mass is 16.5. The number of carbonyl (C=O) groups excluding carboxylic acids is 1. The van der Waals surface area contributed by atoms with Gasteiger partial charge in [-0.15, -0.1) is 0 Å². The van der Waals surface area contributed by atoms with Gasteiger partial charge in [0.15, 0.2) is 11.9 Å². The molecule has 1 atom stereocenters. The zero-order valence-electron chi connectivity index (χ0n) is 12.2. The second-order valence-electron chi connectivity index (χ2n) is 5.31. The Kier molecular flexibility index (Phi) is 3.29. The van der Waals surface area contributed by atoms with Crippen LogP contribution in [0, 0.1) is 6.92 Å². The molecular weight excluding hydrogens is 264 g/mol. The number of aryl methyl sites for hydroxylation is 1. The maximum atomic E-state index is 12.5. The maximum absolute atomic E-state index is 12.5. The molecule has 0 bridgehead atoms. The smallest absolute Gasteiger partial charge is 0.268 e. The van der Waals surface area contributed by atoms with Crippen molar-refractivity contribution in [3.05, 3.63) is 53.6 Å². The third-order valence-corrected chi connectivity index (χ3v) is 3.81. The van der Waals surface area contributed by atoms with E-state index in [0.29, 0.717) is 18.0 Å². The Hall–Kier alpha value is -2.49. The van der Waals surface area contributed by atoms with Crippen molar-refractivity contribution < 1.29 is 9.53 Å². The lowest BCUT2D eigenvalue weighted by molar-refractivity contribution is -0.125. The zero-order chi connectivity index (χ0) is 15.0. The highest BCUT2D eigenvalue weighted by Crippen LogP contribution is 2.39. The van der Waals surface area contributed by atoms with Gasteiger partial charge in [0.05, 0.1) is 17.9 Å². The van der Waals surface area contributed by atoms with Crippen LogP contribution >= 0.6 is 0 Å². The summed E-state index contributed by atoms with van der Waals surface area (Å²) in [6.07, 6.45) is -0.522. The second-order valence-corrected chi connectivity index (χ2v) is 5.31. The summed E-state index contributed by atoms with van der Waals surface area (Å²) in [5, 5.41) is 0. The molecule has 1 unspecified atom stereocenters. The Labute approximate surface area is 124 Å². The number of nitrogens with zero attached hydrogens (tertiary/aromatic N) is 1. The molecule has 2 aromatic carbocycles. The molecule has 1 amide bonds. The summed E-state index contributed by atoms with van der Waals surface area (Å²) >= 11 is 0. The van der Waals surface area contributed by atoms with Crippen LogP contribution in [-0.2, 0) is 11.3 Å². The fourth-order valence-electron chi connectivity index (χ4n) is 2.57. The molecule has 1 aliphatic rings. The van der Waals surface area contributed by atoms with Gasteiger partial charge in [0.2, 0.25) is 0 Å². The van der Waals surface area contributed by atoms with E-state index in [1.807, 2.05) is 43.3 Å². The van der Waals surface area contributed by atoms with Crippen LogP contribution in [-0.4, -0.2) is 12.0 Å². The first-order chi connectivity index (χ1) is 10.1. The number of carbonyl (C=O) groups is 1. The molecular formula is C17H18N2O2. The lowest BCUT2D eigenvalue weighted by Gasteiger charge is -2.34. The number of hydrogen-bond donors (Lipinski definition) is 1. The molecule has 21 heavy (non-hydrogen) atoms. The Morgan fingerprint density at radius 1 is 1.19 bits per heavy atom. The molecule has 0 fully saturated rings. The van der Waals surface area contributed by atoms with E-state index in [1.165, 1.54) is 0 Å². The standard InChI is InChI=1S/C17H18N2O2/c1-11-6-3-4-7-13(11)10-19-15-9-5-8-14(18)16(15)21-12(2)17(19)20/h3-9,12H,10,18H2,1-2H3. The number of nitrogen functional groups attached to an aromatic ring is 1. The van der Waals surface area contributed by atoms with Gasteiger partial charge in [-0.1, -0.05) is 30.3 Å².